The van der Waals surface area contributed by atoms with Gasteiger partial charge in [0.05, 0.1) is 18.2 Å². The fraction of sp³-hybridized carbons (Fsp3) is 0.400. The van der Waals surface area contributed by atoms with Crippen LogP contribution in [-0.2, 0) is 19.7 Å². The predicted molar refractivity (Wildman–Crippen MR) is 76.1 cm³/mol. The second kappa shape index (κ2) is 6.95. The third-order valence-electron chi connectivity index (χ3n) is 3.05. The molecule has 0 bridgehead atoms. The second-order valence-corrected chi connectivity index (χ2v) is 4.35. The average molecular weight is 259 g/mol. The van der Waals surface area contributed by atoms with E-state index in [2.05, 4.69) is 34.8 Å². The number of rotatable bonds is 7. The lowest BCUT2D eigenvalue weighted by molar-refractivity contribution is 0.291. The molecular formula is C15H21N3O. The fourth-order valence-electron chi connectivity index (χ4n) is 1.96. The van der Waals surface area contributed by atoms with Crippen molar-refractivity contribution in [1.29, 1.82) is 0 Å². The minimum atomic E-state index is 0.553. The first-order valence-electron chi connectivity index (χ1n) is 6.75. The van der Waals surface area contributed by atoms with Crippen molar-refractivity contribution in [2.45, 2.75) is 33.5 Å². The second-order valence-electron chi connectivity index (χ2n) is 4.35. The quantitative estimate of drug-likeness (QED) is 0.830. The number of benzene rings is 1. The summed E-state index contributed by atoms with van der Waals surface area (Å²) >= 11 is 0. The number of hydrogen-bond donors (Lipinski definition) is 1. The molecule has 0 spiro atoms. The fourth-order valence-corrected chi connectivity index (χ4v) is 1.96. The summed E-state index contributed by atoms with van der Waals surface area (Å²) in [6, 6.07) is 8.15. The topological polar surface area (TPSA) is 39.1 Å². The summed E-state index contributed by atoms with van der Waals surface area (Å²) in [6.07, 6.45) is 3.69. The van der Waals surface area contributed by atoms with Gasteiger partial charge < -0.3 is 14.6 Å². The summed E-state index contributed by atoms with van der Waals surface area (Å²) in [4.78, 5) is 4.15. The lowest BCUT2D eigenvalue weighted by Gasteiger charge is -2.12. The number of hydrogen-bond acceptors (Lipinski definition) is 3. The monoisotopic (exact) mass is 259 g/mol. The number of aryl methyl sites for hydroxylation is 1. The molecule has 0 saturated heterocycles. The van der Waals surface area contributed by atoms with Gasteiger partial charge >= 0.3 is 0 Å². The summed E-state index contributed by atoms with van der Waals surface area (Å²) < 4.78 is 8.01. The van der Waals surface area contributed by atoms with Gasteiger partial charge in [-0.05, 0) is 19.5 Å². The van der Waals surface area contributed by atoms with Crippen LogP contribution in [0.2, 0.25) is 0 Å². The van der Waals surface area contributed by atoms with E-state index in [0.717, 1.165) is 31.1 Å². The van der Waals surface area contributed by atoms with Crippen LogP contribution < -0.4 is 10.1 Å². The van der Waals surface area contributed by atoms with Crippen molar-refractivity contribution in [2.75, 3.05) is 6.54 Å². The van der Waals surface area contributed by atoms with Gasteiger partial charge in [0, 0.05) is 18.7 Å². The van der Waals surface area contributed by atoms with Gasteiger partial charge in [-0.1, -0.05) is 25.1 Å². The zero-order valence-electron chi connectivity index (χ0n) is 11.6. The summed E-state index contributed by atoms with van der Waals surface area (Å²) in [7, 11) is 0. The Kier molecular flexibility index (Phi) is 4.98. The zero-order valence-corrected chi connectivity index (χ0v) is 11.6. The Morgan fingerprint density at radius 1 is 1.26 bits per heavy atom. The predicted octanol–water partition coefficient (Wildman–Crippen LogP) is 2.59. The molecule has 19 heavy (non-hydrogen) atoms. The zero-order chi connectivity index (χ0) is 13.5. The summed E-state index contributed by atoms with van der Waals surface area (Å²) in [5.41, 5.74) is 2.28. The Balaban J connectivity index is 2.02. The number of ether oxygens (including phenoxy) is 1. The maximum Gasteiger partial charge on any atom is 0.130 e. The van der Waals surface area contributed by atoms with Crippen LogP contribution in [0.4, 0.5) is 0 Å². The van der Waals surface area contributed by atoms with Crippen LogP contribution in [0.5, 0.6) is 5.75 Å². The SMILES string of the molecule is CCNCc1ccccc1OCc1cncn1CC. The minimum Gasteiger partial charge on any atom is -0.487 e. The molecule has 102 valence electrons. The van der Waals surface area contributed by atoms with Crippen molar-refractivity contribution in [3.05, 3.63) is 48.0 Å². The molecule has 2 rings (SSSR count). The Morgan fingerprint density at radius 3 is 2.89 bits per heavy atom. The summed E-state index contributed by atoms with van der Waals surface area (Å²) in [6.45, 7) is 7.46. The first-order valence-corrected chi connectivity index (χ1v) is 6.75. The van der Waals surface area contributed by atoms with Crippen LogP contribution in [0.1, 0.15) is 25.1 Å². The van der Waals surface area contributed by atoms with Gasteiger partial charge in [0.15, 0.2) is 0 Å². The Morgan fingerprint density at radius 2 is 2.11 bits per heavy atom. The molecule has 1 aromatic heterocycles. The first kappa shape index (κ1) is 13.6. The summed E-state index contributed by atoms with van der Waals surface area (Å²) in [5, 5.41) is 3.32. The Labute approximate surface area is 114 Å². The molecule has 0 radical (unpaired) electrons. The first-order chi connectivity index (χ1) is 9.35. The maximum absolute atomic E-state index is 5.92. The molecule has 0 aliphatic rings. The van der Waals surface area contributed by atoms with E-state index in [1.165, 1.54) is 5.56 Å². The Hall–Kier alpha value is -1.81. The van der Waals surface area contributed by atoms with Crippen LogP contribution in [-0.4, -0.2) is 16.1 Å². The molecule has 4 nitrogen and oxygen atoms in total. The third-order valence-corrected chi connectivity index (χ3v) is 3.05. The van der Waals surface area contributed by atoms with E-state index in [1.54, 1.807) is 0 Å². The Bertz CT molecular complexity index is 508. The van der Waals surface area contributed by atoms with E-state index >= 15 is 0 Å². The van der Waals surface area contributed by atoms with Crippen molar-refractivity contribution < 1.29 is 4.74 Å². The number of imidazole rings is 1. The van der Waals surface area contributed by atoms with Crippen molar-refractivity contribution in [3.8, 4) is 5.75 Å². The van der Waals surface area contributed by atoms with Gasteiger partial charge in [0.25, 0.3) is 0 Å². The van der Waals surface area contributed by atoms with Gasteiger partial charge in [-0.15, -0.1) is 0 Å². The third kappa shape index (κ3) is 3.58. The van der Waals surface area contributed by atoms with Crippen molar-refractivity contribution in [2.24, 2.45) is 0 Å². The van der Waals surface area contributed by atoms with Gasteiger partial charge in [0.2, 0.25) is 0 Å². The molecule has 0 unspecified atom stereocenters. The highest BCUT2D eigenvalue weighted by Gasteiger charge is 2.05. The van der Waals surface area contributed by atoms with Crippen molar-refractivity contribution in [3.63, 3.8) is 0 Å². The van der Waals surface area contributed by atoms with Gasteiger partial charge in [-0.25, -0.2) is 4.98 Å². The van der Waals surface area contributed by atoms with Crippen LogP contribution in [0.3, 0.4) is 0 Å². The lowest BCUT2D eigenvalue weighted by Crippen LogP contribution is -2.13. The molecule has 0 aliphatic carbocycles. The largest absolute Gasteiger partial charge is 0.487 e. The van der Waals surface area contributed by atoms with E-state index in [0.29, 0.717) is 6.61 Å². The minimum absolute atomic E-state index is 0.553. The van der Waals surface area contributed by atoms with E-state index in [4.69, 9.17) is 4.74 Å². The standard InChI is InChI=1S/C15H21N3O/c1-3-16-9-13-7-5-6-8-15(13)19-11-14-10-17-12-18(14)4-2/h5-8,10,12,16H,3-4,9,11H2,1-2H3. The molecule has 4 heteroatoms. The average Bonchev–Trinajstić information content (AvgIpc) is 2.91. The van der Waals surface area contributed by atoms with Crippen molar-refractivity contribution >= 4 is 0 Å². The van der Waals surface area contributed by atoms with Crippen LogP contribution in [0.25, 0.3) is 0 Å². The number of nitrogens with zero attached hydrogens (tertiary/aromatic N) is 2. The molecule has 1 aromatic carbocycles. The van der Waals surface area contributed by atoms with E-state index < -0.39 is 0 Å². The molecule has 0 aliphatic heterocycles. The van der Waals surface area contributed by atoms with Gasteiger partial charge in [0.1, 0.15) is 12.4 Å². The van der Waals surface area contributed by atoms with Gasteiger partial charge in [-0.3, -0.25) is 0 Å². The van der Waals surface area contributed by atoms with Crippen molar-refractivity contribution in [1.82, 2.24) is 14.9 Å². The summed E-state index contributed by atoms with van der Waals surface area (Å²) in [5.74, 6) is 0.937. The molecule has 2 aromatic rings. The number of nitrogens with one attached hydrogen (secondary N) is 1. The molecular weight excluding hydrogens is 238 g/mol. The van der Waals surface area contributed by atoms with Crippen LogP contribution in [0.15, 0.2) is 36.8 Å². The van der Waals surface area contributed by atoms with E-state index in [-0.39, 0.29) is 0 Å². The number of para-hydroxylation sites is 1. The van der Waals surface area contributed by atoms with E-state index in [9.17, 15) is 0 Å². The lowest BCUT2D eigenvalue weighted by atomic mass is 10.2. The number of aromatic nitrogens is 2. The molecule has 0 fully saturated rings. The highest BCUT2D eigenvalue weighted by molar-refractivity contribution is 5.33. The highest BCUT2D eigenvalue weighted by atomic mass is 16.5. The van der Waals surface area contributed by atoms with Gasteiger partial charge in [-0.2, -0.15) is 0 Å². The van der Waals surface area contributed by atoms with Crippen LogP contribution >= 0.6 is 0 Å². The smallest absolute Gasteiger partial charge is 0.130 e. The molecule has 0 saturated carbocycles. The van der Waals surface area contributed by atoms with E-state index in [1.807, 2.05) is 30.7 Å². The van der Waals surface area contributed by atoms with Crippen LogP contribution in [0, 0.1) is 0 Å². The highest BCUT2D eigenvalue weighted by Crippen LogP contribution is 2.19. The normalized spacial score (nSPS) is 10.6. The molecule has 0 atom stereocenters. The molecule has 1 heterocycles. The maximum atomic E-state index is 5.92. The molecule has 0 amide bonds. The molecule has 1 N–H and O–H groups in total.